The Morgan fingerprint density at radius 2 is 2.06 bits per heavy atom. The third-order valence-electron chi connectivity index (χ3n) is 7.04. The second kappa shape index (κ2) is 9.87. The first-order valence-corrected chi connectivity index (χ1v) is 12.2. The van der Waals surface area contributed by atoms with Crippen molar-refractivity contribution in [2.24, 2.45) is 5.92 Å². The van der Waals surface area contributed by atoms with E-state index in [-0.39, 0.29) is 12.5 Å². The molecule has 172 valence electrons. The highest BCUT2D eigenvalue weighted by Crippen LogP contribution is 2.34. The largest absolute Gasteiger partial charge is 0.481 e. The number of aryl methyl sites for hydroxylation is 2. The summed E-state index contributed by atoms with van der Waals surface area (Å²) >= 11 is 0. The van der Waals surface area contributed by atoms with E-state index in [9.17, 15) is 9.90 Å². The predicted octanol–water partition coefficient (Wildman–Crippen LogP) is 4.85. The van der Waals surface area contributed by atoms with Crippen molar-refractivity contribution in [1.82, 2.24) is 14.9 Å². The average molecular weight is 445 g/mol. The molecular weight excluding hydrogens is 412 g/mol. The Balaban J connectivity index is 1.12. The molecule has 1 unspecified atom stereocenters. The smallest absolute Gasteiger partial charge is 0.305 e. The number of benzene rings is 1. The lowest BCUT2D eigenvalue weighted by Gasteiger charge is -2.44. The first-order valence-electron chi connectivity index (χ1n) is 12.2. The molecule has 3 aromatic rings. The van der Waals surface area contributed by atoms with Gasteiger partial charge in [0, 0.05) is 43.0 Å². The summed E-state index contributed by atoms with van der Waals surface area (Å²) in [6, 6.07) is 14.4. The summed E-state index contributed by atoms with van der Waals surface area (Å²) in [4.78, 5) is 23.2. The van der Waals surface area contributed by atoms with Crippen LogP contribution in [0.15, 0.2) is 48.7 Å². The van der Waals surface area contributed by atoms with Gasteiger partial charge < -0.3 is 10.4 Å². The van der Waals surface area contributed by atoms with Gasteiger partial charge in [-0.2, -0.15) is 0 Å². The number of carbonyl (C=O) groups is 1. The fourth-order valence-corrected chi connectivity index (χ4v) is 5.19. The molecule has 6 heteroatoms. The molecule has 0 spiro atoms. The summed E-state index contributed by atoms with van der Waals surface area (Å²) in [6.07, 6.45) is 8.84. The van der Waals surface area contributed by atoms with E-state index in [1.165, 1.54) is 30.5 Å². The average Bonchev–Trinajstić information content (AvgIpc) is 2.81. The van der Waals surface area contributed by atoms with Gasteiger partial charge in [-0.05, 0) is 67.3 Å². The van der Waals surface area contributed by atoms with Crippen molar-refractivity contribution in [3.63, 3.8) is 0 Å². The van der Waals surface area contributed by atoms with Crippen molar-refractivity contribution < 1.29 is 9.90 Å². The summed E-state index contributed by atoms with van der Waals surface area (Å²) in [5.74, 6) is 0.970. The maximum absolute atomic E-state index is 11.6. The van der Waals surface area contributed by atoms with Crippen molar-refractivity contribution >= 4 is 22.7 Å². The molecule has 1 aromatic carbocycles. The molecule has 2 N–H and O–H groups in total. The topological polar surface area (TPSA) is 78.3 Å². The van der Waals surface area contributed by atoms with Crippen LogP contribution in [0.2, 0.25) is 0 Å². The van der Waals surface area contributed by atoms with Crippen molar-refractivity contribution in [2.45, 2.75) is 51.0 Å². The third-order valence-corrected chi connectivity index (χ3v) is 7.04. The Kier molecular flexibility index (Phi) is 6.53. The SMILES string of the molecule is O=C(O)CC(c1cnc2ccccc2c1)N1CC(CCCCc2ccc3c(n2)NCCC3)C1. The van der Waals surface area contributed by atoms with E-state index in [4.69, 9.17) is 4.98 Å². The zero-order valence-electron chi connectivity index (χ0n) is 19.0. The molecule has 1 atom stereocenters. The molecule has 0 bridgehead atoms. The zero-order chi connectivity index (χ0) is 22.6. The Bertz CT molecular complexity index is 1130. The van der Waals surface area contributed by atoms with Crippen LogP contribution in [0, 0.1) is 5.92 Å². The van der Waals surface area contributed by atoms with Gasteiger partial charge in [0.15, 0.2) is 0 Å². The van der Waals surface area contributed by atoms with Gasteiger partial charge >= 0.3 is 5.97 Å². The van der Waals surface area contributed by atoms with Crippen molar-refractivity contribution in [3.05, 3.63) is 65.5 Å². The van der Waals surface area contributed by atoms with Crippen LogP contribution in [0.25, 0.3) is 10.9 Å². The van der Waals surface area contributed by atoms with E-state index >= 15 is 0 Å². The van der Waals surface area contributed by atoms with Crippen LogP contribution in [0.1, 0.15) is 55.0 Å². The summed E-state index contributed by atoms with van der Waals surface area (Å²) in [7, 11) is 0. The number of para-hydroxylation sites is 1. The van der Waals surface area contributed by atoms with Crippen LogP contribution in [-0.4, -0.2) is 45.6 Å². The Labute approximate surface area is 195 Å². The third kappa shape index (κ3) is 5.17. The Hall–Kier alpha value is -2.99. The first kappa shape index (κ1) is 21.8. The van der Waals surface area contributed by atoms with Gasteiger partial charge in [0.05, 0.1) is 11.9 Å². The number of aromatic nitrogens is 2. The molecule has 6 nitrogen and oxygen atoms in total. The van der Waals surface area contributed by atoms with Gasteiger partial charge in [-0.3, -0.25) is 14.7 Å². The Morgan fingerprint density at radius 3 is 2.94 bits per heavy atom. The number of likely N-dealkylation sites (tertiary alicyclic amines) is 1. The number of nitrogens with one attached hydrogen (secondary N) is 1. The lowest BCUT2D eigenvalue weighted by Crippen LogP contribution is -2.48. The molecular formula is C27H32N4O2. The highest BCUT2D eigenvalue weighted by Gasteiger charge is 2.34. The van der Waals surface area contributed by atoms with Crippen LogP contribution in [0.4, 0.5) is 5.82 Å². The van der Waals surface area contributed by atoms with E-state index in [0.717, 1.165) is 61.2 Å². The number of hydrogen-bond donors (Lipinski definition) is 2. The number of rotatable bonds is 9. The first-order chi connectivity index (χ1) is 16.2. The van der Waals surface area contributed by atoms with Gasteiger partial charge in [-0.1, -0.05) is 30.7 Å². The predicted molar refractivity (Wildman–Crippen MR) is 130 cm³/mol. The summed E-state index contributed by atoms with van der Waals surface area (Å²) in [5.41, 5.74) is 4.48. The number of nitrogens with zero attached hydrogens (tertiary/aromatic N) is 3. The lowest BCUT2D eigenvalue weighted by atomic mass is 9.89. The lowest BCUT2D eigenvalue weighted by molar-refractivity contribution is -0.139. The molecule has 0 saturated carbocycles. The van der Waals surface area contributed by atoms with Crippen LogP contribution in [0.5, 0.6) is 0 Å². The van der Waals surface area contributed by atoms with Crippen molar-refractivity contribution in [1.29, 1.82) is 0 Å². The molecule has 0 amide bonds. The molecule has 2 aliphatic heterocycles. The van der Waals surface area contributed by atoms with Crippen molar-refractivity contribution in [3.8, 4) is 0 Å². The number of hydrogen-bond acceptors (Lipinski definition) is 5. The number of unbranched alkanes of at least 4 members (excludes halogenated alkanes) is 1. The molecule has 2 aromatic heterocycles. The van der Waals surface area contributed by atoms with Crippen LogP contribution in [0.3, 0.4) is 0 Å². The molecule has 0 aliphatic carbocycles. The van der Waals surface area contributed by atoms with Gasteiger partial charge in [-0.15, -0.1) is 0 Å². The van der Waals surface area contributed by atoms with Gasteiger partial charge in [0.25, 0.3) is 0 Å². The van der Waals surface area contributed by atoms with Crippen LogP contribution in [-0.2, 0) is 17.6 Å². The maximum Gasteiger partial charge on any atom is 0.305 e. The molecule has 33 heavy (non-hydrogen) atoms. The number of fused-ring (bicyclic) bond motifs is 2. The van der Waals surface area contributed by atoms with E-state index in [1.54, 1.807) is 0 Å². The molecule has 0 radical (unpaired) electrons. The van der Waals surface area contributed by atoms with E-state index in [2.05, 4.69) is 33.4 Å². The summed E-state index contributed by atoms with van der Waals surface area (Å²) in [6.45, 7) is 2.96. The fraction of sp³-hybridized carbons (Fsp3) is 0.444. The van der Waals surface area contributed by atoms with Crippen LogP contribution < -0.4 is 5.32 Å². The number of anilines is 1. The molecule has 1 saturated heterocycles. The normalized spacial score (nSPS) is 17.2. The number of carboxylic acids is 1. The highest BCUT2D eigenvalue weighted by molar-refractivity contribution is 5.79. The zero-order valence-corrected chi connectivity index (χ0v) is 19.0. The second-order valence-corrected chi connectivity index (χ2v) is 9.48. The van der Waals surface area contributed by atoms with E-state index in [0.29, 0.717) is 5.92 Å². The summed E-state index contributed by atoms with van der Waals surface area (Å²) in [5, 5.41) is 14.0. The molecule has 5 rings (SSSR count). The van der Waals surface area contributed by atoms with Crippen molar-refractivity contribution in [2.75, 3.05) is 25.0 Å². The van der Waals surface area contributed by atoms with Crippen LogP contribution >= 0.6 is 0 Å². The van der Waals surface area contributed by atoms with E-state index < -0.39 is 5.97 Å². The quantitative estimate of drug-likeness (QED) is 0.460. The van der Waals surface area contributed by atoms with Gasteiger partial charge in [0.2, 0.25) is 0 Å². The standard InChI is InChI=1S/C27H32N4O2/c32-26(33)15-25(22-14-21-7-2-4-10-24(21)29-16-22)31-17-19(18-31)6-1-3-9-23-12-11-20-8-5-13-28-27(20)30-23/h2,4,7,10-12,14,16,19,25H,1,3,5-6,8-9,13,15,17-18H2,(H,28,30)(H,32,33). The van der Waals surface area contributed by atoms with Gasteiger partial charge in [-0.25, -0.2) is 4.98 Å². The van der Waals surface area contributed by atoms with Gasteiger partial charge in [0.1, 0.15) is 5.82 Å². The number of aliphatic carboxylic acids is 1. The monoisotopic (exact) mass is 444 g/mol. The summed E-state index contributed by atoms with van der Waals surface area (Å²) < 4.78 is 0. The van der Waals surface area contributed by atoms with E-state index in [1.807, 2.05) is 30.5 Å². The molecule has 4 heterocycles. The minimum absolute atomic E-state index is 0.108. The fourth-order valence-electron chi connectivity index (χ4n) is 5.19. The minimum Gasteiger partial charge on any atom is -0.481 e. The second-order valence-electron chi connectivity index (χ2n) is 9.48. The molecule has 2 aliphatic rings. The minimum atomic E-state index is -0.761. The highest BCUT2D eigenvalue weighted by atomic mass is 16.4. The maximum atomic E-state index is 11.6. The Morgan fingerprint density at radius 1 is 1.18 bits per heavy atom. The molecule has 1 fully saturated rings. The number of pyridine rings is 2. The number of carboxylic acid groups (broad SMARTS) is 1.